The predicted molar refractivity (Wildman–Crippen MR) is 74.3 cm³/mol. The molecule has 96 valence electrons. The number of ether oxygens (including phenoxy) is 1. The fraction of sp³-hybridized carbons (Fsp3) is 0.571. The van der Waals surface area contributed by atoms with Crippen molar-refractivity contribution < 1.29 is 4.74 Å². The predicted octanol–water partition coefficient (Wildman–Crippen LogP) is 3.71. The Kier molecular flexibility index (Phi) is 5.29. The van der Waals surface area contributed by atoms with Gasteiger partial charge in [-0.25, -0.2) is 0 Å². The zero-order valence-electron chi connectivity index (χ0n) is 11.4. The Hall–Kier alpha value is -0.730. The summed E-state index contributed by atoms with van der Waals surface area (Å²) in [5, 5.41) is 0.745. The quantitative estimate of drug-likeness (QED) is 0.795. The van der Waals surface area contributed by atoms with Crippen LogP contribution in [0.15, 0.2) is 12.1 Å². The minimum Gasteiger partial charge on any atom is -0.490 e. The van der Waals surface area contributed by atoms with E-state index >= 15 is 0 Å². The van der Waals surface area contributed by atoms with Crippen LogP contribution in [0, 0.1) is 6.92 Å². The number of halogens is 1. The number of benzene rings is 1. The Labute approximate surface area is 110 Å². The van der Waals surface area contributed by atoms with Crippen LogP contribution in [0.5, 0.6) is 5.75 Å². The van der Waals surface area contributed by atoms with Gasteiger partial charge in [-0.1, -0.05) is 37.6 Å². The molecule has 0 radical (unpaired) electrons. The molecule has 0 atom stereocenters. The lowest BCUT2D eigenvalue weighted by Gasteiger charge is -2.18. The van der Waals surface area contributed by atoms with Crippen LogP contribution in [0.3, 0.4) is 0 Å². The summed E-state index contributed by atoms with van der Waals surface area (Å²) in [7, 11) is 4.06. The van der Waals surface area contributed by atoms with Crippen molar-refractivity contribution in [1.82, 2.24) is 4.90 Å². The van der Waals surface area contributed by atoms with E-state index in [2.05, 4.69) is 30.9 Å². The van der Waals surface area contributed by atoms with Crippen molar-refractivity contribution in [3.05, 3.63) is 28.3 Å². The second kappa shape index (κ2) is 6.27. The Morgan fingerprint density at radius 1 is 1.29 bits per heavy atom. The van der Waals surface area contributed by atoms with Crippen molar-refractivity contribution in [2.45, 2.75) is 26.7 Å². The first-order valence-corrected chi connectivity index (χ1v) is 6.37. The third-order valence-electron chi connectivity index (χ3n) is 2.73. The number of hydrogen-bond donors (Lipinski definition) is 0. The maximum atomic E-state index is 6.32. The zero-order valence-corrected chi connectivity index (χ0v) is 12.1. The van der Waals surface area contributed by atoms with E-state index in [1.807, 2.05) is 21.0 Å². The monoisotopic (exact) mass is 255 g/mol. The number of hydrogen-bond acceptors (Lipinski definition) is 2. The van der Waals surface area contributed by atoms with E-state index in [9.17, 15) is 0 Å². The first-order valence-electron chi connectivity index (χ1n) is 6.00. The van der Waals surface area contributed by atoms with E-state index < -0.39 is 0 Å². The molecule has 3 heteroatoms. The molecule has 1 aromatic rings. The smallest absolute Gasteiger partial charge is 0.141 e. The highest BCUT2D eigenvalue weighted by Crippen LogP contribution is 2.35. The summed E-state index contributed by atoms with van der Waals surface area (Å²) >= 11 is 6.32. The van der Waals surface area contributed by atoms with E-state index in [1.165, 1.54) is 5.56 Å². The molecule has 0 N–H and O–H groups in total. The molecule has 0 aliphatic heterocycles. The van der Waals surface area contributed by atoms with Crippen LogP contribution >= 0.6 is 11.6 Å². The average molecular weight is 256 g/mol. The molecule has 0 amide bonds. The lowest BCUT2D eigenvalue weighted by molar-refractivity contribution is 0.259. The minimum atomic E-state index is 0.419. The molecule has 0 heterocycles. The molecule has 0 saturated heterocycles. The van der Waals surface area contributed by atoms with Gasteiger partial charge >= 0.3 is 0 Å². The molecular formula is C14H22ClNO. The Bertz CT molecular complexity index is 375. The van der Waals surface area contributed by atoms with Crippen LogP contribution in [0.2, 0.25) is 5.02 Å². The van der Waals surface area contributed by atoms with Gasteiger partial charge in [-0.15, -0.1) is 0 Å². The van der Waals surface area contributed by atoms with E-state index in [0.717, 1.165) is 22.9 Å². The van der Waals surface area contributed by atoms with E-state index in [0.29, 0.717) is 12.5 Å². The van der Waals surface area contributed by atoms with Gasteiger partial charge < -0.3 is 9.64 Å². The zero-order chi connectivity index (χ0) is 13.0. The van der Waals surface area contributed by atoms with Crippen LogP contribution in [-0.2, 0) is 0 Å². The Balaban J connectivity index is 2.90. The molecule has 0 fully saturated rings. The van der Waals surface area contributed by atoms with Gasteiger partial charge in [0.2, 0.25) is 0 Å². The SMILES string of the molecule is Cc1ccc(C(C)C)c(OCCN(C)C)c1Cl. The summed E-state index contributed by atoms with van der Waals surface area (Å²) in [6.45, 7) is 7.86. The normalized spacial score (nSPS) is 11.3. The lowest BCUT2D eigenvalue weighted by atomic mass is 10.0. The van der Waals surface area contributed by atoms with Crippen LogP contribution in [-0.4, -0.2) is 32.1 Å². The maximum absolute atomic E-state index is 6.32. The van der Waals surface area contributed by atoms with Crippen molar-refractivity contribution in [2.75, 3.05) is 27.2 Å². The highest BCUT2D eigenvalue weighted by atomic mass is 35.5. The van der Waals surface area contributed by atoms with Gasteiger partial charge in [-0.2, -0.15) is 0 Å². The summed E-state index contributed by atoms with van der Waals surface area (Å²) in [6.07, 6.45) is 0. The van der Waals surface area contributed by atoms with Gasteiger partial charge in [-0.3, -0.25) is 0 Å². The molecule has 0 aliphatic carbocycles. The molecule has 0 aliphatic rings. The summed E-state index contributed by atoms with van der Waals surface area (Å²) in [6, 6.07) is 4.16. The third-order valence-corrected chi connectivity index (χ3v) is 3.20. The Morgan fingerprint density at radius 3 is 2.47 bits per heavy atom. The van der Waals surface area contributed by atoms with Crippen LogP contribution in [0.4, 0.5) is 0 Å². The minimum absolute atomic E-state index is 0.419. The third kappa shape index (κ3) is 3.90. The first kappa shape index (κ1) is 14.3. The van der Waals surface area contributed by atoms with Gasteiger partial charge in [-0.05, 0) is 38.1 Å². The largest absolute Gasteiger partial charge is 0.490 e. The fourth-order valence-electron chi connectivity index (χ4n) is 1.60. The van der Waals surface area contributed by atoms with Crippen LogP contribution in [0.25, 0.3) is 0 Å². The molecule has 0 saturated carbocycles. The highest BCUT2D eigenvalue weighted by Gasteiger charge is 2.13. The fourth-order valence-corrected chi connectivity index (χ4v) is 1.83. The molecule has 0 unspecified atom stereocenters. The molecule has 0 bridgehead atoms. The lowest BCUT2D eigenvalue weighted by Crippen LogP contribution is -2.20. The van der Waals surface area contributed by atoms with Crippen LogP contribution < -0.4 is 4.74 Å². The van der Waals surface area contributed by atoms with Gasteiger partial charge in [0.1, 0.15) is 12.4 Å². The average Bonchev–Trinajstić information content (AvgIpc) is 2.23. The summed E-state index contributed by atoms with van der Waals surface area (Å²) in [4.78, 5) is 2.10. The standard InChI is InChI=1S/C14H22ClNO/c1-10(2)12-7-6-11(3)13(15)14(12)17-9-8-16(4)5/h6-7,10H,8-9H2,1-5H3. The summed E-state index contributed by atoms with van der Waals surface area (Å²) in [5.74, 6) is 1.27. The number of nitrogens with zero attached hydrogens (tertiary/aromatic N) is 1. The van der Waals surface area contributed by atoms with E-state index in [4.69, 9.17) is 16.3 Å². The molecule has 1 rings (SSSR count). The number of aryl methyl sites for hydroxylation is 1. The first-order chi connectivity index (χ1) is 7.93. The van der Waals surface area contributed by atoms with Crippen molar-refractivity contribution in [3.63, 3.8) is 0 Å². The summed E-state index contributed by atoms with van der Waals surface area (Å²) in [5.41, 5.74) is 2.25. The number of likely N-dealkylation sites (N-methyl/N-ethyl adjacent to an activating group) is 1. The van der Waals surface area contributed by atoms with Crippen molar-refractivity contribution in [2.24, 2.45) is 0 Å². The van der Waals surface area contributed by atoms with Gasteiger partial charge in [0.05, 0.1) is 5.02 Å². The van der Waals surface area contributed by atoms with Crippen LogP contribution in [0.1, 0.15) is 30.9 Å². The number of rotatable bonds is 5. The molecule has 0 aromatic heterocycles. The van der Waals surface area contributed by atoms with Crippen molar-refractivity contribution >= 4 is 11.6 Å². The molecule has 0 spiro atoms. The van der Waals surface area contributed by atoms with Gasteiger partial charge in [0.15, 0.2) is 0 Å². The molecular weight excluding hydrogens is 234 g/mol. The Morgan fingerprint density at radius 2 is 1.94 bits per heavy atom. The summed E-state index contributed by atoms with van der Waals surface area (Å²) < 4.78 is 5.85. The second-order valence-corrected chi connectivity index (χ2v) is 5.30. The molecule has 17 heavy (non-hydrogen) atoms. The van der Waals surface area contributed by atoms with E-state index in [-0.39, 0.29) is 0 Å². The van der Waals surface area contributed by atoms with E-state index in [1.54, 1.807) is 0 Å². The molecule has 1 aromatic carbocycles. The van der Waals surface area contributed by atoms with Crippen molar-refractivity contribution in [3.8, 4) is 5.75 Å². The topological polar surface area (TPSA) is 12.5 Å². The molecule has 2 nitrogen and oxygen atoms in total. The maximum Gasteiger partial charge on any atom is 0.141 e. The van der Waals surface area contributed by atoms with Crippen molar-refractivity contribution in [1.29, 1.82) is 0 Å². The van der Waals surface area contributed by atoms with Gasteiger partial charge in [0, 0.05) is 6.54 Å². The second-order valence-electron chi connectivity index (χ2n) is 4.92. The highest BCUT2D eigenvalue weighted by molar-refractivity contribution is 6.33. The van der Waals surface area contributed by atoms with Gasteiger partial charge in [0.25, 0.3) is 0 Å².